The number of hydrogen-bond acceptors (Lipinski definition) is 8. The molecular formula is C23H28N3NaO6S. The van der Waals surface area contributed by atoms with Crippen LogP contribution >= 0.6 is 0 Å². The van der Waals surface area contributed by atoms with E-state index in [-0.39, 0.29) is 36.7 Å². The quantitative estimate of drug-likeness (QED) is 0.457. The van der Waals surface area contributed by atoms with Crippen LogP contribution in [-0.4, -0.2) is 63.8 Å². The average molecular weight is 498 g/mol. The topological polar surface area (TPSA) is 105 Å². The molecule has 11 heteroatoms. The summed E-state index contributed by atoms with van der Waals surface area (Å²) in [6.45, 7) is 4.24. The summed E-state index contributed by atoms with van der Waals surface area (Å²) < 4.78 is 42.0. The Hall–Kier alpha value is -1.37. The number of aromatic nitrogens is 3. The van der Waals surface area contributed by atoms with Crippen LogP contribution in [0.3, 0.4) is 0 Å². The zero-order valence-corrected chi connectivity index (χ0v) is 22.3. The fraction of sp³-hybridized carbons (Fsp3) is 0.478. The zero-order valence-electron chi connectivity index (χ0n) is 20.5. The summed E-state index contributed by atoms with van der Waals surface area (Å²) in [7, 11) is -1.35. The Morgan fingerprint density at radius 1 is 1.15 bits per heavy atom. The van der Waals surface area contributed by atoms with Crippen molar-refractivity contribution >= 4 is 21.8 Å². The van der Waals surface area contributed by atoms with Crippen molar-refractivity contribution < 1.29 is 58.9 Å². The van der Waals surface area contributed by atoms with Crippen molar-refractivity contribution in [2.24, 2.45) is 0 Å². The zero-order chi connectivity index (χ0) is 22.7. The smallest absolute Gasteiger partial charge is 1.00 e. The number of pyridine rings is 1. The molecule has 2 aliphatic rings. The van der Waals surface area contributed by atoms with E-state index in [2.05, 4.69) is 15.0 Å². The third kappa shape index (κ3) is 6.06. The van der Waals surface area contributed by atoms with Crippen molar-refractivity contribution in [1.29, 1.82) is 0 Å². The molecule has 178 valence electrons. The number of fused-ring (bicyclic) bond motifs is 1. The maximum Gasteiger partial charge on any atom is 1.00 e. The average Bonchev–Trinajstić information content (AvgIpc) is 3.27. The Bertz CT molecular complexity index is 1100. The summed E-state index contributed by atoms with van der Waals surface area (Å²) in [5, 5.41) is 0.438. The molecule has 0 aliphatic carbocycles. The molecule has 5 rings (SSSR count). The van der Waals surface area contributed by atoms with Crippen molar-refractivity contribution in [1.82, 2.24) is 15.0 Å². The second kappa shape index (κ2) is 11.1. The van der Waals surface area contributed by atoms with Crippen molar-refractivity contribution in [3.63, 3.8) is 0 Å². The standard InChI is InChI=1S/C23H27N3O6S.Na.H/c1-22(31-15-23(16-32-22)29-10-4-11-30-23)8-12-28-18-7-9-24-17(13-18)14-33(27)21-25-19-5-2-3-6-20(19)26-21;;/h2-3,5-7,9,13H,4,8,10-12,14-16H2,1H3,(H,25,26);;/q;+1;-1. The van der Waals surface area contributed by atoms with E-state index < -0.39 is 22.4 Å². The van der Waals surface area contributed by atoms with Crippen LogP contribution in [0.15, 0.2) is 47.8 Å². The monoisotopic (exact) mass is 497 g/mol. The molecule has 3 aromatic rings. The van der Waals surface area contributed by atoms with E-state index in [4.69, 9.17) is 23.7 Å². The van der Waals surface area contributed by atoms with Crippen molar-refractivity contribution in [3.8, 4) is 5.75 Å². The van der Waals surface area contributed by atoms with E-state index in [0.717, 1.165) is 17.5 Å². The molecule has 1 spiro atoms. The van der Waals surface area contributed by atoms with Gasteiger partial charge in [-0.05, 0) is 31.5 Å². The van der Waals surface area contributed by atoms with Gasteiger partial charge in [0.25, 0.3) is 0 Å². The van der Waals surface area contributed by atoms with Crippen LogP contribution in [0.2, 0.25) is 0 Å². The summed E-state index contributed by atoms with van der Waals surface area (Å²) in [4.78, 5) is 11.8. The van der Waals surface area contributed by atoms with Gasteiger partial charge in [-0.1, -0.05) is 12.1 Å². The minimum absolute atomic E-state index is 0. The van der Waals surface area contributed by atoms with Crippen molar-refractivity contribution in [2.45, 2.75) is 42.2 Å². The Balaban J connectivity index is 0.00000171. The summed E-state index contributed by atoms with van der Waals surface area (Å²) in [5.74, 6) is -0.665. The fourth-order valence-corrected chi connectivity index (χ4v) is 4.74. The fourth-order valence-electron chi connectivity index (χ4n) is 3.76. The van der Waals surface area contributed by atoms with Gasteiger partial charge in [0.15, 0.2) is 10.9 Å². The van der Waals surface area contributed by atoms with Gasteiger partial charge in [0, 0.05) is 18.7 Å². The predicted octanol–water partition coefficient (Wildman–Crippen LogP) is 0.0473. The largest absolute Gasteiger partial charge is 1.00 e. The molecule has 0 amide bonds. The van der Waals surface area contributed by atoms with E-state index in [1.54, 1.807) is 18.3 Å². The van der Waals surface area contributed by atoms with Crippen LogP contribution in [0.5, 0.6) is 5.75 Å². The van der Waals surface area contributed by atoms with Gasteiger partial charge >= 0.3 is 29.6 Å². The Morgan fingerprint density at radius 3 is 2.68 bits per heavy atom. The van der Waals surface area contributed by atoms with Crippen LogP contribution in [0.1, 0.15) is 26.9 Å². The minimum Gasteiger partial charge on any atom is -1.00 e. The maximum atomic E-state index is 12.8. The number of rotatable bonds is 7. The van der Waals surface area contributed by atoms with Gasteiger partial charge < -0.3 is 30.1 Å². The molecule has 4 heterocycles. The molecule has 1 N–H and O–H groups in total. The summed E-state index contributed by atoms with van der Waals surface area (Å²) in [6.07, 6.45) is 3.07. The van der Waals surface area contributed by atoms with E-state index in [1.807, 2.05) is 31.2 Å². The summed E-state index contributed by atoms with van der Waals surface area (Å²) in [5.41, 5.74) is 2.31. The van der Waals surface area contributed by atoms with Gasteiger partial charge in [-0.3, -0.25) is 9.19 Å². The van der Waals surface area contributed by atoms with Crippen LogP contribution in [0, 0.1) is 0 Å². The normalized spacial score (nSPS) is 20.0. The van der Waals surface area contributed by atoms with E-state index >= 15 is 0 Å². The molecule has 2 aliphatic heterocycles. The van der Waals surface area contributed by atoms with Gasteiger partial charge in [-0.15, -0.1) is 0 Å². The molecule has 1 atom stereocenters. The molecule has 2 saturated heterocycles. The van der Waals surface area contributed by atoms with Gasteiger partial charge in [-0.2, -0.15) is 0 Å². The number of H-pyrrole nitrogens is 1. The molecule has 1 aromatic carbocycles. The Labute approximate surface area is 224 Å². The van der Waals surface area contributed by atoms with Crippen LogP contribution in [-0.2, 0) is 35.5 Å². The first-order valence-corrected chi connectivity index (χ1v) is 12.3. The summed E-state index contributed by atoms with van der Waals surface area (Å²) in [6, 6.07) is 11.2. The van der Waals surface area contributed by atoms with E-state index in [1.165, 1.54) is 0 Å². The number of hydrogen-bond donors (Lipinski definition) is 1. The van der Waals surface area contributed by atoms with Gasteiger partial charge in [-0.25, -0.2) is 4.98 Å². The number of ether oxygens (including phenoxy) is 5. The minimum atomic E-state index is -1.35. The number of benzene rings is 1. The Morgan fingerprint density at radius 2 is 1.91 bits per heavy atom. The number of imidazole rings is 1. The van der Waals surface area contributed by atoms with Crippen LogP contribution < -0.4 is 34.3 Å². The van der Waals surface area contributed by atoms with Gasteiger partial charge in [0.2, 0.25) is 5.79 Å². The number of para-hydroxylation sites is 2. The van der Waals surface area contributed by atoms with Crippen LogP contribution in [0.25, 0.3) is 11.0 Å². The third-order valence-corrected chi connectivity index (χ3v) is 6.87. The number of nitrogens with one attached hydrogen (secondary N) is 1. The first-order valence-electron chi connectivity index (χ1n) is 11.0. The van der Waals surface area contributed by atoms with E-state index in [9.17, 15) is 4.21 Å². The maximum absolute atomic E-state index is 12.8. The molecule has 2 fully saturated rings. The second-order valence-electron chi connectivity index (χ2n) is 8.30. The molecule has 2 aromatic heterocycles. The van der Waals surface area contributed by atoms with Gasteiger partial charge in [0.1, 0.15) is 19.0 Å². The third-order valence-electron chi connectivity index (χ3n) is 5.69. The number of nitrogens with zero attached hydrogens (tertiary/aromatic N) is 2. The Kier molecular flexibility index (Phi) is 8.42. The second-order valence-corrected chi connectivity index (χ2v) is 9.67. The molecular weight excluding hydrogens is 469 g/mol. The number of aromatic amines is 1. The SMILES string of the molecule is CC1(CCOc2ccnc(CS(=O)c3nc4ccccc4[nH]3)c2)OCC2(CO1)OCCCO2.[H-].[Na+]. The van der Waals surface area contributed by atoms with E-state index in [0.29, 0.717) is 56.1 Å². The molecule has 34 heavy (non-hydrogen) atoms. The van der Waals surface area contributed by atoms with Gasteiger partial charge in [0.05, 0.1) is 53.1 Å². The predicted molar refractivity (Wildman–Crippen MR) is 121 cm³/mol. The van der Waals surface area contributed by atoms with Crippen LogP contribution in [0.4, 0.5) is 0 Å². The van der Waals surface area contributed by atoms with Crippen molar-refractivity contribution in [2.75, 3.05) is 33.0 Å². The molecule has 1 unspecified atom stereocenters. The molecule has 0 saturated carbocycles. The molecule has 0 radical (unpaired) electrons. The first-order chi connectivity index (χ1) is 16.0. The molecule has 0 bridgehead atoms. The summed E-state index contributed by atoms with van der Waals surface area (Å²) >= 11 is 0. The van der Waals surface area contributed by atoms with Crippen molar-refractivity contribution in [3.05, 3.63) is 48.3 Å². The first kappa shape index (κ1) is 25.7. The molecule has 9 nitrogen and oxygen atoms in total.